The van der Waals surface area contributed by atoms with E-state index in [-0.39, 0.29) is 4.90 Å². The number of rotatable bonds is 11. The minimum absolute atomic E-state index is 0.277. The van der Waals surface area contributed by atoms with Crippen LogP contribution in [0.3, 0.4) is 0 Å². The normalized spacial score (nSPS) is 12.3. The molecule has 0 saturated heterocycles. The molecule has 0 aliphatic heterocycles. The van der Waals surface area contributed by atoms with Crippen LogP contribution in [-0.2, 0) is 28.9 Å². The number of unbranched alkanes of at least 4 members (excludes halogenated alkanes) is 1. The summed E-state index contributed by atoms with van der Waals surface area (Å²) in [5, 5.41) is 12.8. The standard InChI is InChI=1S/C19H29N7O2S2/c1-5-9-12-26-18(21-22-23-26)14-29-19-20-16-13-15(10-11-17(16)25(19)8-4)30(27,28)24(6-2)7-3/h10-11,13H,5-9,12,14H2,1-4H3. The molecule has 0 atom stereocenters. The van der Waals surface area contributed by atoms with E-state index >= 15 is 0 Å². The van der Waals surface area contributed by atoms with Crippen molar-refractivity contribution in [1.29, 1.82) is 0 Å². The molecule has 30 heavy (non-hydrogen) atoms. The molecule has 3 aromatic rings. The van der Waals surface area contributed by atoms with Gasteiger partial charge in [0.1, 0.15) is 0 Å². The van der Waals surface area contributed by atoms with E-state index in [4.69, 9.17) is 4.98 Å². The highest BCUT2D eigenvalue weighted by Crippen LogP contribution is 2.28. The summed E-state index contributed by atoms with van der Waals surface area (Å²) < 4.78 is 31.1. The molecular weight excluding hydrogens is 422 g/mol. The van der Waals surface area contributed by atoms with Gasteiger partial charge in [-0.25, -0.2) is 18.1 Å². The van der Waals surface area contributed by atoms with Gasteiger partial charge in [0.2, 0.25) is 10.0 Å². The molecule has 0 aliphatic carbocycles. The van der Waals surface area contributed by atoms with E-state index < -0.39 is 10.0 Å². The highest BCUT2D eigenvalue weighted by atomic mass is 32.2. The average Bonchev–Trinajstić information content (AvgIpc) is 3.33. The summed E-state index contributed by atoms with van der Waals surface area (Å²) in [7, 11) is -3.52. The Hall–Kier alpha value is -1.98. The molecule has 1 aromatic carbocycles. The summed E-state index contributed by atoms with van der Waals surface area (Å²) in [6.45, 7) is 10.3. The number of fused-ring (bicyclic) bond motifs is 1. The van der Waals surface area contributed by atoms with Crippen LogP contribution in [0.2, 0.25) is 0 Å². The number of nitrogens with zero attached hydrogens (tertiary/aromatic N) is 7. The molecule has 0 unspecified atom stereocenters. The van der Waals surface area contributed by atoms with E-state index in [1.165, 1.54) is 4.31 Å². The molecule has 2 heterocycles. The van der Waals surface area contributed by atoms with Crippen LogP contribution < -0.4 is 0 Å². The SMILES string of the molecule is CCCCn1nnnc1CSc1nc2cc(S(=O)(=O)N(CC)CC)ccc2n1CC. The molecule has 9 nitrogen and oxygen atoms in total. The van der Waals surface area contributed by atoms with Gasteiger partial charge in [-0.3, -0.25) is 0 Å². The summed E-state index contributed by atoms with van der Waals surface area (Å²) in [4.78, 5) is 5.00. The van der Waals surface area contributed by atoms with Crippen LogP contribution in [0.25, 0.3) is 11.0 Å². The largest absolute Gasteiger partial charge is 0.319 e. The van der Waals surface area contributed by atoms with Crippen molar-refractivity contribution < 1.29 is 8.42 Å². The minimum Gasteiger partial charge on any atom is -0.319 e. The van der Waals surface area contributed by atoms with Crippen LogP contribution in [0.4, 0.5) is 0 Å². The molecule has 0 saturated carbocycles. The van der Waals surface area contributed by atoms with E-state index in [1.807, 2.05) is 24.6 Å². The van der Waals surface area contributed by atoms with Gasteiger partial charge >= 0.3 is 0 Å². The van der Waals surface area contributed by atoms with E-state index in [1.54, 1.807) is 23.9 Å². The predicted octanol–water partition coefficient (Wildman–Crippen LogP) is 3.17. The Kier molecular flexibility index (Phi) is 7.48. The molecule has 11 heteroatoms. The van der Waals surface area contributed by atoms with Crippen molar-refractivity contribution >= 4 is 32.8 Å². The van der Waals surface area contributed by atoms with Gasteiger partial charge in [-0.15, -0.1) is 5.10 Å². The number of sulfonamides is 1. The summed E-state index contributed by atoms with van der Waals surface area (Å²) in [5.74, 6) is 1.41. The smallest absolute Gasteiger partial charge is 0.243 e. The molecule has 3 rings (SSSR count). The lowest BCUT2D eigenvalue weighted by atomic mass is 10.3. The zero-order valence-electron chi connectivity index (χ0n) is 17.9. The summed E-state index contributed by atoms with van der Waals surface area (Å²) in [6, 6.07) is 5.19. The maximum atomic E-state index is 12.9. The van der Waals surface area contributed by atoms with E-state index in [0.29, 0.717) is 24.4 Å². The Morgan fingerprint density at radius 3 is 2.57 bits per heavy atom. The topological polar surface area (TPSA) is 98.8 Å². The van der Waals surface area contributed by atoms with E-state index in [2.05, 4.69) is 33.9 Å². The summed E-state index contributed by atoms with van der Waals surface area (Å²) in [6.07, 6.45) is 2.11. The third-order valence-electron chi connectivity index (χ3n) is 5.00. The molecule has 0 radical (unpaired) electrons. The molecule has 0 aliphatic rings. The fourth-order valence-corrected chi connectivity index (χ4v) is 5.80. The molecule has 0 amide bonds. The fraction of sp³-hybridized carbons (Fsp3) is 0.579. The van der Waals surface area contributed by atoms with Crippen LogP contribution in [0.15, 0.2) is 28.3 Å². The van der Waals surface area contributed by atoms with Crippen molar-refractivity contribution in [2.45, 2.75) is 69.4 Å². The number of imidazole rings is 1. The number of hydrogen-bond donors (Lipinski definition) is 0. The van der Waals surface area contributed by atoms with Crippen LogP contribution in [0, 0.1) is 0 Å². The van der Waals surface area contributed by atoms with Gasteiger partial charge in [0, 0.05) is 26.2 Å². The second-order valence-corrected chi connectivity index (χ2v) is 9.72. The maximum Gasteiger partial charge on any atom is 0.243 e. The second-order valence-electron chi connectivity index (χ2n) is 6.84. The molecule has 0 spiro atoms. The number of aromatic nitrogens is 6. The van der Waals surface area contributed by atoms with Crippen molar-refractivity contribution in [3.8, 4) is 0 Å². The monoisotopic (exact) mass is 451 g/mol. The first-order chi connectivity index (χ1) is 14.5. The maximum absolute atomic E-state index is 12.9. The Morgan fingerprint density at radius 1 is 1.13 bits per heavy atom. The highest BCUT2D eigenvalue weighted by Gasteiger charge is 2.23. The third kappa shape index (κ3) is 4.52. The van der Waals surface area contributed by atoms with Gasteiger partial charge in [-0.05, 0) is 42.0 Å². The Morgan fingerprint density at radius 2 is 1.90 bits per heavy atom. The average molecular weight is 452 g/mol. The van der Waals surface area contributed by atoms with Crippen LogP contribution in [0.1, 0.15) is 46.4 Å². The predicted molar refractivity (Wildman–Crippen MR) is 118 cm³/mol. The van der Waals surface area contributed by atoms with Crippen molar-refractivity contribution in [3.63, 3.8) is 0 Å². The van der Waals surface area contributed by atoms with E-state index in [9.17, 15) is 8.42 Å². The second kappa shape index (κ2) is 9.88. The van der Waals surface area contributed by atoms with Crippen LogP contribution >= 0.6 is 11.8 Å². The molecule has 2 aromatic heterocycles. The van der Waals surface area contributed by atoms with Crippen molar-refractivity contribution in [3.05, 3.63) is 24.0 Å². The lowest BCUT2D eigenvalue weighted by molar-refractivity contribution is 0.445. The van der Waals surface area contributed by atoms with Crippen molar-refractivity contribution in [1.82, 2.24) is 34.1 Å². The number of thioether (sulfide) groups is 1. The molecule has 0 fully saturated rings. The first-order valence-corrected chi connectivity index (χ1v) is 12.8. The minimum atomic E-state index is -3.52. The number of tetrazole rings is 1. The van der Waals surface area contributed by atoms with Gasteiger partial charge in [0.05, 0.1) is 21.7 Å². The van der Waals surface area contributed by atoms with E-state index in [0.717, 1.165) is 42.4 Å². The number of hydrogen-bond acceptors (Lipinski definition) is 7. The van der Waals surface area contributed by atoms with Gasteiger partial charge < -0.3 is 4.57 Å². The fourth-order valence-electron chi connectivity index (χ4n) is 3.31. The van der Waals surface area contributed by atoms with Crippen LogP contribution in [0.5, 0.6) is 0 Å². The summed E-state index contributed by atoms with van der Waals surface area (Å²) >= 11 is 1.56. The van der Waals surface area contributed by atoms with Crippen molar-refractivity contribution in [2.24, 2.45) is 0 Å². The van der Waals surface area contributed by atoms with Gasteiger partial charge in [-0.1, -0.05) is 39.0 Å². The Balaban J connectivity index is 1.89. The Bertz CT molecular complexity index is 1090. The lowest BCUT2D eigenvalue weighted by Gasteiger charge is -2.18. The quantitative estimate of drug-likeness (QED) is 0.413. The number of benzene rings is 1. The zero-order chi connectivity index (χ0) is 21.7. The molecule has 0 N–H and O–H groups in total. The summed E-state index contributed by atoms with van der Waals surface area (Å²) in [5.41, 5.74) is 1.60. The van der Waals surface area contributed by atoms with Crippen LogP contribution in [-0.4, -0.2) is 55.6 Å². The Labute approximate surface area is 181 Å². The van der Waals surface area contributed by atoms with Gasteiger partial charge in [-0.2, -0.15) is 4.31 Å². The van der Waals surface area contributed by atoms with Gasteiger partial charge in [0.25, 0.3) is 0 Å². The zero-order valence-corrected chi connectivity index (χ0v) is 19.6. The lowest BCUT2D eigenvalue weighted by Crippen LogP contribution is -2.30. The van der Waals surface area contributed by atoms with Gasteiger partial charge in [0.15, 0.2) is 11.0 Å². The third-order valence-corrected chi connectivity index (χ3v) is 8.02. The van der Waals surface area contributed by atoms with Crippen molar-refractivity contribution in [2.75, 3.05) is 13.1 Å². The highest BCUT2D eigenvalue weighted by molar-refractivity contribution is 7.98. The number of aryl methyl sites for hydroxylation is 2. The molecular formula is C19H29N7O2S2. The molecule has 164 valence electrons. The molecule has 0 bridgehead atoms. The first-order valence-electron chi connectivity index (χ1n) is 10.3. The first kappa shape index (κ1) is 22.7.